The molecule has 0 atom stereocenters. The minimum absolute atomic E-state index is 0.359. The van der Waals surface area contributed by atoms with Crippen molar-refractivity contribution in [3.8, 4) is 11.3 Å². The van der Waals surface area contributed by atoms with Crippen LogP contribution in [0.25, 0.3) is 11.3 Å². The first-order valence-electron chi connectivity index (χ1n) is 5.20. The molecule has 1 heterocycles. The summed E-state index contributed by atoms with van der Waals surface area (Å²) in [5.41, 5.74) is 2.92. The highest BCUT2D eigenvalue weighted by atomic mass is 19.1. The van der Waals surface area contributed by atoms with Crippen molar-refractivity contribution >= 4 is 5.69 Å². The van der Waals surface area contributed by atoms with E-state index in [-0.39, 0.29) is 0 Å². The maximum absolute atomic E-state index is 12.8. The number of aryl methyl sites for hydroxylation is 1. The van der Waals surface area contributed by atoms with E-state index in [0.717, 1.165) is 5.56 Å². The summed E-state index contributed by atoms with van der Waals surface area (Å²) >= 11 is 0. The average Bonchev–Trinajstić information content (AvgIpc) is 2.39. The van der Waals surface area contributed by atoms with E-state index in [2.05, 4.69) is 10.2 Å². The van der Waals surface area contributed by atoms with Crippen molar-refractivity contribution in [2.75, 3.05) is 0 Å². The molecule has 0 spiro atoms. The van der Waals surface area contributed by atoms with Crippen LogP contribution in [0, 0.1) is 11.8 Å². The fourth-order valence-electron chi connectivity index (χ4n) is 1.66. The highest BCUT2D eigenvalue weighted by Crippen LogP contribution is 2.28. The fourth-order valence-corrected chi connectivity index (χ4v) is 1.66. The fraction of sp³-hybridized carbons (Fsp3) is 0.154. The van der Waals surface area contributed by atoms with Crippen molar-refractivity contribution in [3.05, 3.63) is 52.6 Å². The van der Waals surface area contributed by atoms with Crippen molar-refractivity contribution in [1.29, 1.82) is 0 Å². The Labute approximate surface area is 98.3 Å². The van der Waals surface area contributed by atoms with E-state index in [0.29, 0.717) is 22.5 Å². The van der Waals surface area contributed by atoms with Gasteiger partial charge in [0.25, 0.3) is 0 Å². The summed E-state index contributed by atoms with van der Waals surface area (Å²) in [6.45, 7) is 1.22. The molecule has 0 aliphatic carbocycles. The van der Waals surface area contributed by atoms with Gasteiger partial charge in [-0.05, 0) is 29.8 Å². The van der Waals surface area contributed by atoms with Gasteiger partial charge in [-0.25, -0.2) is 4.39 Å². The van der Waals surface area contributed by atoms with E-state index in [9.17, 15) is 9.30 Å². The van der Waals surface area contributed by atoms with E-state index in [4.69, 9.17) is 0 Å². The number of benzene rings is 1. The molecule has 4 heteroatoms. The smallest absolute Gasteiger partial charge is 0.117 e. The normalized spacial score (nSPS) is 10.2. The largest absolute Gasteiger partial charge is 0.256 e. The molecule has 3 nitrogen and oxygen atoms in total. The summed E-state index contributed by atoms with van der Waals surface area (Å²) in [4.78, 5) is 14.8. The quantitative estimate of drug-likeness (QED) is 0.750. The summed E-state index contributed by atoms with van der Waals surface area (Å²) in [6, 6.07) is 8.58. The Bertz CT molecular complexity index is 555. The predicted octanol–water partition coefficient (Wildman–Crippen LogP) is 3.92. The molecule has 2 aromatic rings. The van der Waals surface area contributed by atoms with Crippen LogP contribution in [0.2, 0.25) is 0 Å². The summed E-state index contributed by atoms with van der Waals surface area (Å²) in [5.74, 6) is 0. The number of aromatic nitrogens is 1. The van der Waals surface area contributed by atoms with E-state index >= 15 is 0 Å². The van der Waals surface area contributed by atoms with E-state index < -0.39 is 6.67 Å². The van der Waals surface area contributed by atoms with Crippen molar-refractivity contribution in [2.24, 2.45) is 5.18 Å². The van der Waals surface area contributed by atoms with Gasteiger partial charge in [0.05, 0.1) is 5.69 Å². The van der Waals surface area contributed by atoms with E-state index in [1.54, 1.807) is 37.4 Å². The Kier molecular flexibility index (Phi) is 3.23. The highest BCUT2D eigenvalue weighted by Gasteiger charge is 2.08. The number of nitrogens with zero attached hydrogens (tertiary/aromatic N) is 2. The molecule has 0 fully saturated rings. The summed E-state index contributed by atoms with van der Waals surface area (Å²) < 4.78 is 12.8. The molecule has 0 aliphatic heterocycles. The second-order valence-electron chi connectivity index (χ2n) is 3.74. The molecular formula is C13H11FN2O. The molecule has 0 aliphatic rings. The third-order valence-corrected chi connectivity index (χ3v) is 2.62. The molecule has 2 rings (SSSR count). The van der Waals surface area contributed by atoms with Gasteiger partial charge in [-0.15, -0.1) is 4.91 Å². The lowest BCUT2D eigenvalue weighted by atomic mass is 10.0. The minimum Gasteiger partial charge on any atom is -0.256 e. The molecule has 0 saturated heterocycles. The molecule has 86 valence electrons. The SMILES string of the molecule is Cc1ccc(-c2ncccc2CF)cc1N=O. The van der Waals surface area contributed by atoms with Crippen LogP contribution in [-0.4, -0.2) is 4.98 Å². The highest BCUT2D eigenvalue weighted by molar-refractivity contribution is 5.68. The van der Waals surface area contributed by atoms with E-state index in [1.165, 1.54) is 0 Å². The van der Waals surface area contributed by atoms with Gasteiger partial charge in [0.2, 0.25) is 0 Å². The Hall–Kier alpha value is -2.10. The lowest BCUT2D eigenvalue weighted by molar-refractivity contribution is 0.485. The molecule has 0 bridgehead atoms. The number of nitroso groups, excluding NO2 is 1. The molecule has 0 N–H and O–H groups in total. The van der Waals surface area contributed by atoms with Crippen LogP contribution in [0.3, 0.4) is 0 Å². The summed E-state index contributed by atoms with van der Waals surface area (Å²) in [5, 5.41) is 2.94. The van der Waals surface area contributed by atoms with Crippen LogP contribution < -0.4 is 0 Å². The van der Waals surface area contributed by atoms with Crippen LogP contribution in [0.4, 0.5) is 10.1 Å². The van der Waals surface area contributed by atoms with Crippen molar-refractivity contribution in [1.82, 2.24) is 4.98 Å². The zero-order valence-corrected chi connectivity index (χ0v) is 9.35. The number of rotatable bonds is 3. The van der Waals surface area contributed by atoms with Gasteiger partial charge in [-0.3, -0.25) is 4.98 Å². The molecule has 0 saturated carbocycles. The predicted molar refractivity (Wildman–Crippen MR) is 64.7 cm³/mol. The zero-order valence-electron chi connectivity index (χ0n) is 9.35. The molecule has 1 aromatic carbocycles. The Morgan fingerprint density at radius 1 is 1.35 bits per heavy atom. The molecule has 0 unspecified atom stereocenters. The summed E-state index contributed by atoms with van der Waals surface area (Å²) in [6.07, 6.45) is 1.60. The first-order chi connectivity index (χ1) is 8.26. The molecule has 1 aromatic heterocycles. The number of halogens is 1. The van der Waals surface area contributed by atoms with Crippen LogP contribution in [0.5, 0.6) is 0 Å². The maximum atomic E-state index is 12.8. The van der Waals surface area contributed by atoms with Crippen LogP contribution in [-0.2, 0) is 6.67 Å². The maximum Gasteiger partial charge on any atom is 0.117 e. The van der Waals surface area contributed by atoms with Gasteiger partial charge in [-0.2, -0.15) is 0 Å². The molecule has 17 heavy (non-hydrogen) atoms. The van der Waals surface area contributed by atoms with Gasteiger partial charge in [0.1, 0.15) is 12.4 Å². The third kappa shape index (κ3) is 2.20. The van der Waals surface area contributed by atoms with Crippen molar-refractivity contribution in [3.63, 3.8) is 0 Å². The third-order valence-electron chi connectivity index (χ3n) is 2.62. The second kappa shape index (κ2) is 4.82. The van der Waals surface area contributed by atoms with Gasteiger partial charge in [0, 0.05) is 17.3 Å². The van der Waals surface area contributed by atoms with Gasteiger partial charge in [-0.1, -0.05) is 18.2 Å². The minimum atomic E-state index is -0.582. The Balaban J connectivity index is 2.56. The van der Waals surface area contributed by atoms with Crippen molar-refractivity contribution in [2.45, 2.75) is 13.6 Å². The topological polar surface area (TPSA) is 42.3 Å². The number of hydrogen-bond acceptors (Lipinski definition) is 3. The Morgan fingerprint density at radius 3 is 2.88 bits per heavy atom. The standard InChI is InChI=1S/C13H11FN2O/c1-9-4-5-10(7-12(9)16-17)13-11(8-14)3-2-6-15-13/h2-7H,8H2,1H3. The first kappa shape index (κ1) is 11.4. The van der Waals surface area contributed by atoms with E-state index in [1.807, 2.05) is 6.07 Å². The van der Waals surface area contributed by atoms with Gasteiger partial charge >= 0.3 is 0 Å². The average molecular weight is 230 g/mol. The zero-order chi connectivity index (χ0) is 12.3. The van der Waals surface area contributed by atoms with Crippen LogP contribution >= 0.6 is 0 Å². The van der Waals surface area contributed by atoms with Gasteiger partial charge in [0.15, 0.2) is 0 Å². The number of pyridine rings is 1. The number of hydrogen-bond donors (Lipinski definition) is 0. The number of alkyl halides is 1. The lowest BCUT2D eigenvalue weighted by Gasteiger charge is -2.06. The van der Waals surface area contributed by atoms with Crippen LogP contribution in [0.1, 0.15) is 11.1 Å². The lowest BCUT2D eigenvalue weighted by Crippen LogP contribution is -1.90. The Morgan fingerprint density at radius 2 is 2.18 bits per heavy atom. The second-order valence-corrected chi connectivity index (χ2v) is 3.74. The first-order valence-corrected chi connectivity index (χ1v) is 5.20. The van der Waals surface area contributed by atoms with Crippen LogP contribution in [0.15, 0.2) is 41.7 Å². The molecule has 0 radical (unpaired) electrons. The molecule has 0 amide bonds. The van der Waals surface area contributed by atoms with Crippen molar-refractivity contribution < 1.29 is 4.39 Å². The monoisotopic (exact) mass is 230 g/mol. The van der Waals surface area contributed by atoms with Gasteiger partial charge < -0.3 is 0 Å². The summed E-state index contributed by atoms with van der Waals surface area (Å²) in [7, 11) is 0. The molecular weight excluding hydrogens is 219 g/mol.